The van der Waals surface area contributed by atoms with Crippen molar-refractivity contribution in [2.24, 2.45) is 0 Å². The number of aromatic amines is 1. The van der Waals surface area contributed by atoms with Gasteiger partial charge in [-0.15, -0.1) is 0 Å². The second kappa shape index (κ2) is 6.22. The van der Waals surface area contributed by atoms with Gasteiger partial charge in [0.15, 0.2) is 5.69 Å². The first-order chi connectivity index (χ1) is 10.7. The highest BCUT2D eigenvalue weighted by Crippen LogP contribution is 2.11. The molecule has 2 N–H and O–H groups in total. The Balaban J connectivity index is 1.68. The molecule has 0 saturated heterocycles. The van der Waals surface area contributed by atoms with E-state index in [2.05, 4.69) is 51.7 Å². The second-order valence-corrected chi connectivity index (χ2v) is 5.11. The Bertz CT molecular complexity index is 763. The van der Waals surface area contributed by atoms with Crippen LogP contribution in [0.15, 0.2) is 54.7 Å². The molecular weight excluding hydrogens is 276 g/mol. The third kappa shape index (κ3) is 3.38. The quantitative estimate of drug-likeness (QED) is 0.776. The van der Waals surface area contributed by atoms with Crippen LogP contribution in [0, 0.1) is 6.92 Å². The Hall–Kier alpha value is -2.95. The third-order valence-electron chi connectivity index (χ3n) is 3.29. The minimum Gasteiger partial charge on any atom is -0.305 e. The molecule has 0 saturated carbocycles. The van der Waals surface area contributed by atoms with Gasteiger partial charge in [-0.25, -0.2) is 4.98 Å². The van der Waals surface area contributed by atoms with E-state index >= 15 is 0 Å². The molecule has 0 atom stereocenters. The van der Waals surface area contributed by atoms with E-state index in [1.165, 1.54) is 11.1 Å². The first-order valence-electron chi connectivity index (χ1n) is 7.03. The van der Waals surface area contributed by atoms with Gasteiger partial charge < -0.3 is 5.32 Å². The summed E-state index contributed by atoms with van der Waals surface area (Å²) < 4.78 is 0. The minimum absolute atomic E-state index is 0.273. The summed E-state index contributed by atoms with van der Waals surface area (Å²) in [6.07, 6.45) is 2.34. The van der Waals surface area contributed by atoms with E-state index in [0.717, 1.165) is 5.69 Å². The van der Waals surface area contributed by atoms with E-state index in [1.54, 1.807) is 24.4 Å². The minimum atomic E-state index is -0.273. The van der Waals surface area contributed by atoms with Crippen LogP contribution in [0.1, 0.15) is 27.3 Å². The van der Waals surface area contributed by atoms with Gasteiger partial charge in [-0.3, -0.25) is 9.89 Å². The molecule has 3 aromatic rings. The lowest BCUT2D eigenvalue weighted by molar-refractivity contribution is 0.102. The topological polar surface area (TPSA) is 70.7 Å². The number of nitrogens with zero attached hydrogens (tertiary/aromatic N) is 2. The molecule has 3 rings (SSSR count). The maximum absolute atomic E-state index is 12.1. The molecule has 1 aromatic carbocycles. The summed E-state index contributed by atoms with van der Waals surface area (Å²) in [7, 11) is 0. The summed E-state index contributed by atoms with van der Waals surface area (Å²) >= 11 is 0. The Morgan fingerprint density at radius 1 is 1.18 bits per heavy atom. The molecule has 110 valence electrons. The zero-order chi connectivity index (χ0) is 15.4. The van der Waals surface area contributed by atoms with Gasteiger partial charge in [0.25, 0.3) is 5.91 Å². The van der Waals surface area contributed by atoms with Crippen molar-refractivity contribution in [3.05, 3.63) is 77.2 Å². The van der Waals surface area contributed by atoms with Crippen LogP contribution in [0.25, 0.3) is 0 Å². The zero-order valence-electron chi connectivity index (χ0n) is 12.2. The van der Waals surface area contributed by atoms with Gasteiger partial charge in [0.2, 0.25) is 0 Å². The summed E-state index contributed by atoms with van der Waals surface area (Å²) in [5, 5.41) is 9.68. The first-order valence-corrected chi connectivity index (χ1v) is 7.03. The van der Waals surface area contributed by atoms with E-state index in [-0.39, 0.29) is 5.91 Å². The summed E-state index contributed by atoms with van der Waals surface area (Å²) in [6, 6.07) is 15.4. The average molecular weight is 292 g/mol. The monoisotopic (exact) mass is 292 g/mol. The summed E-state index contributed by atoms with van der Waals surface area (Å²) in [5.41, 5.74) is 3.65. The molecule has 22 heavy (non-hydrogen) atoms. The Kier molecular flexibility index (Phi) is 3.96. The van der Waals surface area contributed by atoms with Gasteiger partial charge in [0, 0.05) is 18.3 Å². The molecule has 5 nitrogen and oxygen atoms in total. The van der Waals surface area contributed by atoms with Crippen molar-refractivity contribution < 1.29 is 4.79 Å². The van der Waals surface area contributed by atoms with Crippen LogP contribution in [0.2, 0.25) is 0 Å². The summed E-state index contributed by atoms with van der Waals surface area (Å²) in [4.78, 5) is 16.1. The molecule has 0 unspecified atom stereocenters. The number of amides is 1. The number of pyridine rings is 1. The van der Waals surface area contributed by atoms with Crippen molar-refractivity contribution in [3.63, 3.8) is 0 Å². The fourth-order valence-electron chi connectivity index (χ4n) is 2.11. The zero-order valence-corrected chi connectivity index (χ0v) is 12.2. The Morgan fingerprint density at radius 3 is 2.73 bits per heavy atom. The molecular formula is C17H16N4O. The van der Waals surface area contributed by atoms with Crippen molar-refractivity contribution in [2.75, 3.05) is 5.32 Å². The SMILES string of the molecule is Cc1ccc(Cc2cc(C(=O)Nc3ccccn3)n[nH]2)cc1. The predicted molar refractivity (Wildman–Crippen MR) is 84.8 cm³/mol. The molecule has 0 bridgehead atoms. The molecule has 0 radical (unpaired) electrons. The number of hydrogen-bond donors (Lipinski definition) is 2. The summed E-state index contributed by atoms with van der Waals surface area (Å²) in [6.45, 7) is 2.06. The number of rotatable bonds is 4. The first kappa shape index (κ1) is 14.0. The van der Waals surface area contributed by atoms with E-state index in [0.29, 0.717) is 17.9 Å². The van der Waals surface area contributed by atoms with Crippen molar-refractivity contribution in [1.29, 1.82) is 0 Å². The maximum atomic E-state index is 12.1. The molecule has 2 heterocycles. The highest BCUT2D eigenvalue weighted by atomic mass is 16.2. The van der Waals surface area contributed by atoms with Gasteiger partial charge >= 0.3 is 0 Å². The third-order valence-corrected chi connectivity index (χ3v) is 3.29. The van der Waals surface area contributed by atoms with Crippen molar-refractivity contribution in [2.45, 2.75) is 13.3 Å². The standard InChI is InChI=1S/C17H16N4O/c1-12-5-7-13(8-6-12)10-14-11-15(21-20-14)17(22)19-16-4-2-3-9-18-16/h2-9,11H,10H2,1H3,(H,20,21)(H,18,19,22). The highest BCUT2D eigenvalue weighted by molar-refractivity contribution is 6.02. The number of H-pyrrole nitrogens is 1. The average Bonchev–Trinajstić information content (AvgIpc) is 2.99. The van der Waals surface area contributed by atoms with Gasteiger partial charge in [0.05, 0.1) is 0 Å². The molecule has 0 aliphatic carbocycles. The second-order valence-electron chi connectivity index (χ2n) is 5.11. The Labute approximate surface area is 128 Å². The van der Waals surface area contributed by atoms with Crippen LogP contribution in [0.4, 0.5) is 5.82 Å². The maximum Gasteiger partial charge on any atom is 0.277 e. The molecule has 5 heteroatoms. The van der Waals surface area contributed by atoms with E-state index in [1.807, 2.05) is 6.07 Å². The number of hydrogen-bond acceptors (Lipinski definition) is 3. The normalized spacial score (nSPS) is 10.4. The number of benzene rings is 1. The molecule has 0 aliphatic heterocycles. The van der Waals surface area contributed by atoms with E-state index < -0.39 is 0 Å². The number of aryl methyl sites for hydroxylation is 1. The van der Waals surface area contributed by atoms with Gasteiger partial charge in [0.1, 0.15) is 5.82 Å². The number of carbonyl (C=O) groups is 1. The van der Waals surface area contributed by atoms with Crippen LogP contribution in [0.5, 0.6) is 0 Å². The number of aromatic nitrogens is 3. The Morgan fingerprint density at radius 2 is 2.00 bits per heavy atom. The molecule has 0 aliphatic rings. The lowest BCUT2D eigenvalue weighted by atomic mass is 10.1. The summed E-state index contributed by atoms with van der Waals surface area (Å²) in [5.74, 6) is 0.237. The predicted octanol–water partition coefficient (Wildman–Crippen LogP) is 2.96. The fraction of sp³-hybridized carbons (Fsp3) is 0.118. The van der Waals surface area contributed by atoms with Gasteiger partial charge in [-0.1, -0.05) is 35.9 Å². The molecule has 0 fully saturated rings. The number of nitrogens with one attached hydrogen (secondary N) is 2. The van der Waals surface area contributed by atoms with Crippen LogP contribution >= 0.6 is 0 Å². The number of anilines is 1. The molecule has 2 aromatic heterocycles. The van der Waals surface area contributed by atoms with Crippen LogP contribution in [0.3, 0.4) is 0 Å². The molecule has 1 amide bonds. The highest BCUT2D eigenvalue weighted by Gasteiger charge is 2.11. The van der Waals surface area contributed by atoms with Crippen molar-refractivity contribution in [3.8, 4) is 0 Å². The van der Waals surface area contributed by atoms with Crippen LogP contribution in [-0.4, -0.2) is 21.1 Å². The van der Waals surface area contributed by atoms with Gasteiger partial charge in [-0.05, 0) is 30.7 Å². The van der Waals surface area contributed by atoms with E-state index in [9.17, 15) is 4.79 Å². The van der Waals surface area contributed by atoms with Crippen LogP contribution in [-0.2, 0) is 6.42 Å². The lowest BCUT2D eigenvalue weighted by Gasteiger charge is -2.00. The fourth-order valence-corrected chi connectivity index (χ4v) is 2.11. The molecule has 0 spiro atoms. The van der Waals surface area contributed by atoms with E-state index in [4.69, 9.17) is 0 Å². The van der Waals surface area contributed by atoms with Crippen molar-refractivity contribution in [1.82, 2.24) is 15.2 Å². The lowest BCUT2D eigenvalue weighted by Crippen LogP contribution is -2.13. The smallest absolute Gasteiger partial charge is 0.277 e. The number of carbonyl (C=O) groups excluding carboxylic acids is 1. The van der Waals surface area contributed by atoms with Crippen molar-refractivity contribution >= 4 is 11.7 Å². The van der Waals surface area contributed by atoms with Crippen LogP contribution < -0.4 is 5.32 Å². The largest absolute Gasteiger partial charge is 0.305 e. The van der Waals surface area contributed by atoms with Gasteiger partial charge in [-0.2, -0.15) is 5.10 Å².